The summed E-state index contributed by atoms with van der Waals surface area (Å²) in [5, 5.41) is 11.1. The molecule has 1 saturated heterocycles. The Hall–Kier alpha value is -2.20. The van der Waals surface area contributed by atoms with Gasteiger partial charge in [0.25, 0.3) is 5.69 Å². The van der Waals surface area contributed by atoms with Crippen molar-refractivity contribution in [1.82, 2.24) is 4.90 Å². The number of carbonyl (C=O) groups is 1. The molecular weight excluding hydrogens is 400 g/mol. The number of para-hydroxylation sites is 1. The number of rotatable bonds is 4. The number of amides is 1. The molecule has 1 aromatic carbocycles. The Labute approximate surface area is 170 Å². The van der Waals surface area contributed by atoms with E-state index in [1.165, 1.54) is 18.2 Å². The number of nitrogens with zero attached hydrogens (tertiary/aromatic N) is 2. The molecule has 3 rings (SSSR count). The van der Waals surface area contributed by atoms with E-state index >= 15 is 0 Å². The minimum Gasteiger partial charge on any atom is -0.444 e. The second-order valence-corrected chi connectivity index (χ2v) is 10.3. The third-order valence-electron chi connectivity index (χ3n) is 5.39. The van der Waals surface area contributed by atoms with Crippen LogP contribution in [0, 0.1) is 15.5 Å². The number of hydrogen-bond acceptors (Lipinski definition) is 7. The fraction of sp³-hybridized carbons (Fsp3) is 0.632. The molecule has 1 aromatic rings. The molecule has 0 bridgehead atoms. The lowest BCUT2D eigenvalue weighted by Gasteiger charge is -2.51. The molecule has 29 heavy (non-hydrogen) atoms. The highest BCUT2D eigenvalue weighted by atomic mass is 32.2. The normalized spacial score (nSPS) is 19.6. The summed E-state index contributed by atoms with van der Waals surface area (Å²) in [5.74, 6) is 0. The lowest BCUT2D eigenvalue weighted by Crippen LogP contribution is -2.52. The molecule has 0 radical (unpaired) electrons. The fourth-order valence-corrected chi connectivity index (χ4v) is 5.16. The number of hydrogen-bond donors (Lipinski definition) is 0. The highest BCUT2D eigenvalue weighted by Gasteiger charge is 2.49. The SMILES string of the molecule is CC(C)(C)OC(=O)N1CCC2(CC1)CC(OS(=O)(=O)c1ccccc1[N+](=O)[O-])C2. The molecule has 0 N–H and O–H groups in total. The Balaban J connectivity index is 1.56. The topological polar surface area (TPSA) is 116 Å². The van der Waals surface area contributed by atoms with Crippen LogP contribution >= 0.6 is 0 Å². The summed E-state index contributed by atoms with van der Waals surface area (Å²) in [6.45, 7) is 6.57. The van der Waals surface area contributed by atoms with Crippen molar-refractivity contribution in [3.05, 3.63) is 34.4 Å². The van der Waals surface area contributed by atoms with E-state index in [2.05, 4.69) is 0 Å². The zero-order valence-electron chi connectivity index (χ0n) is 16.8. The van der Waals surface area contributed by atoms with E-state index in [1.807, 2.05) is 20.8 Å². The minimum atomic E-state index is -4.22. The molecular formula is C19H26N2O7S. The predicted molar refractivity (Wildman–Crippen MR) is 104 cm³/mol. The van der Waals surface area contributed by atoms with Gasteiger partial charge in [-0.05, 0) is 57.9 Å². The maximum atomic E-state index is 12.5. The highest BCUT2D eigenvalue weighted by molar-refractivity contribution is 7.87. The molecule has 1 heterocycles. The van der Waals surface area contributed by atoms with Crippen LogP contribution in [0.2, 0.25) is 0 Å². The molecule has 1 amide bonds. The van der Waals surface area contributed by atoms with Gasteiger partial charge in [-0.15, -0.1) is 0 Å². The summed E-state index contributed by atoms with van der Waals surface area (Å²) in [6, 6.07) is 5.16. The average molecular weight is 426 g/mol. The van der Waals surface area contributed by atoms with Gasteiger partial charge >= 0.3 is 16.2 Å². The Morgan fingerprint density at radius 2 is 1.79 bits per heavy atom. The molecule has 1 saturated carbocycles. The van der Waals surface area contributed by atoms with E-state index in [0.717, 1.165) is 18.9 Å². The smallest absolute Gasteiger partial charge is 0.410 e. The van der Waals surface area contributed by atoms with Gasteiger partial charge in [0.2, 0.25) is 0 Å². The maximum absolute atomic E-state index is 12.5. The highest BCUT2D eigenvalue weighted by Crippen LogP contribution is 2.51. The monoisotopic (exact) mass is 426 g/mol. The van der Waals surface area contributed by atoms with Crippen LogP contribution < -0.4 is 0 Å². The van der Waals surface area contributed by atoms with Gasteiger partial charge in [-0.2, -0.15) is 8.42 Å². The van der Waals surface area contributed by atoms with E-state index in [-0.39, 0.29) is 11.5 Å². The number of ether oxygens (including phenoxy) is 1. The molecule has 1 spiro atoms. The second-order valence-electron chi connectivity index (χ2n) is 8.77. The van der Waals surface area contributed by atoms with Crippen LogP contribution in [0.4, 0.5) is 10.5 Å². The Morgan fingerprint density at radius 3 is 2.34 bits per heavy atom. The summed E-state index contributed by atoms with van der Waals surface area (Å²) < 4.78 is 35.7. The van der Waals surface area contributed by atoms with Gasteiger partial charge in [0, 0.05) is 19.2 Å². The lowest BCUT2D eigenvalue weighted by molar-refractivity contribution is -0.387. The molecule has 10 heteroatoms. The van der Waals surface area contributed by atoms with Gasteiger partial charge in [-0.1, -0.05) is 12.1 Å². The van der Waals surface area contributed by atoms with E-state index < -0.39 is 37.3 Å². The van der Waals surface area contributed by atoms with Gasteiger partial charge in [0.1, 0.15) is 5.60 Å². The summed E-state index contributed by atoms with van der Waals surface area (Å²) in [4.78, 5) is 23.8. The standard InChI is InChI=1S/C19H26N2O7S/c1-18(2,3)27-17(22)20-10-8-19(9-11-20)12-14(13-19)28-29(25,26)16-7-5-4-6-15(16)21(23)24/h4-7,14H,8-13H2,1-3H3. The Morgan fingerprint density at radius 1 is 1.21 bits per heavy atom. The predicted octanol–water partition coefficient (Wildman–Crippen LogP) is 3.48. The molecule has 2 aliphatic rings. The molecule has 9 nitrogen and oxygen atoms in total. The van der Waals surface area contributed by atoms with Crippen LogP contribution in [-0.4, -0.2) is 49.1 Å². The second kappa shape index (κ2) is 7.56. The van der Waals surface area contributed by atoms with Gasteiger partial charge in [0.05, 0.1) is 11.0 Å². The number of nitro benzene ring substituents is 1. The van der Waals surface area contributed by atoms with Crippen LogP contribution in [-0.2, 0) is 19.0 Å². The van der Waals surface area contributed by atoms with Gasteiger partial charge < -0.3 is 9.64 Å². The van der Waals surface area contributed by atoms with Crippen LogP contribution in [0.15, 0.2) is 29.2 Å². The first kappa shape index (κ1) is 21.5. The number of benzene rings is 1. The summed E-state index contributed by atoms with van der Waals surface area (Å²) >= 11 is 0. The number of piperidine rings is 1. The first-order valence-corrected chi connectivity index (χ1v) is 11.0. The summed E-state index contributed by atoms with van der Waals surface area (Å²) in [5.41, 5.74) is -1.09. The molecule has 0 aromatic heterocycles. The Kier molecular flexibility index (Phi) is 5.61. The van der Waals surface area contributed by atoms with Crippen molar-refractivity contribution in [2.24, 2.45) is 5.41 Å². The van der Waals surface area contributed by atoms with Crippen molar-refractivity contribution >= 4 is 21.9 Å². The fourth-order valence-electron chi connectivity index (χ4n) is 3.92. The summed E-state index contributed by atoms with van der Waals surface area (Å²) in [7, 11) is -4.22. The third-order valence-corrected chi connectivity index (χ3v) is 6.80. The van der Waals surface area contributed by atoms with Crippen LogP contribution in [0.3, 0.4) is 0 Å². The van der Waals surface area contributed by atoms with Crippen molar-refractivity contribution in [2.45, 2.75) is 63.1 Å². The lowest BCUT2D eigenvalue weighted by atomic mass is 9.61. The van der Waals surface area contributed by atoms with Crippen molar-refractivity contribution < 1.29 is 27.1 Å². The van der Waals surface area contributed by atoms with Crippen LogP contribution in [0.1, 0.15) is 46.5 Å². The molecule has 1 aliphatic carbocycles. The zero-order valence-corrected chi connectivity index (χ0v) is 17.6. The van der Waals surface area contributed by atoms with Gasteiger partial charge in [-0.25, -0.2) is 4.79 Å². The van der Waals surface area contributed by atoms with Crippen LogP contribution in [0.25, 0.3) is 0 Å². The largest absolute Gasteiger partial charge is 0.444 e. The average Bonchev–Trinajstić information content (AvgIpc) is 2.59. The molecule has 2 fully saturated rings. The number of carbonyl (C=O) groups excluding carboxylic acids is 1. The molecule has 1 aliphatic heterocycles. The number of nitro groups is 1. The van der Waals surface area contributed by atoms with E-state index in [4.69, 9.17) is 8.92 Å². The first-order valence-electron chi connectivity index (χ1n) is 9.56. The first-order chi connectivity index (χ1) is 13.4. The summed E-state index contributed by atoms with van der Waals surface area (Å²) in [6.07, 6.45) is 1.76. The van der Waals surface area contributed by atoms with Gasteiger partial charge in [0.15, 0.2) is 4.90 Å². The molecule has 160 valence electrons. The van der Waals surface area contributed by atoms with Crippen molar-refractivity contribution in [3.63, 3.8) is 0 Å². The maximum Gasteiger partial charge on any atom is 0.410 e. The number of likely N-dealkylation sites (tertiary alicyclic amines) is 1. The quantitative estimate of drug-likeness (QED) is 0.411. The van der Waals surface area contributed by atoms with Gasteiger partial charge in [-0.3, -0.25) is 14.3 Å². The van der Waals surface area contributed by atoms with E-state index in [0.29, 0.717) is 25.9 Å². The van der Waals surface area contributed by atoms with E-state index in [1.54, 1.807) is 4.90 Å². The third kappa shape index (κ3) is 4.87. The molecule has 0 atom stereocenters. The van der Waals surface area contributed by atoms with Crippen molar-refractivity contribution in [3.8, 4) is 0 Å². The van der Waals surface area contributed by atoms with Crippen LogP contribution in [0.5, 0.6) is 0 Å². The minimum absolute atomic E-state index is 0.0542. The zero-order chi connectivity index (χ0) is 21.4. The van der Waals surface area contributed by atoms with Crippen molar-refractivity contribution in [2.75, 3.05) is 13.1 Å². The van der Waals surface area contributed by atoms with E-state index in [9.17, 15) is 23.3 Å². The van der Waals surface area contributed by atoms with Crippen molar-refractivity contribution in [1.29, 1.82) is 0 Å². The molecule has 0 unspecified atom stereocenters. The Bertz CT molecular complexity index is 891.